The molecular weight excluding hydrogens is 247 g/mol. The maximum Gasteiger partial charge on any atom is 0.418 e. The Labute approximate surface area is 103 Å². The highest BCUT2D eigenvalue weighted by Gasteiger charge is 2.33. The predicted molar refractivity (Wildman–Crippen MR) is 60.2 cm³/mol. The number of para-hydroxylation sites is 1. The predicted octanol–water partition coefficient (Wildman–Crippen LogP) is 2.88. The van der Waals surface area contributed by atoms with Gasteiger partial charge in [0.15, 0.2) is 0 Å². The molecule has 1 N–H and O–H groups in total. The van der Waals surface area contributed by atoms with Crippen molar-refractivity contribution in [2.24, 2.45) is 0 Å². The molecular formula is C12H14F3NO2. The zero-order valence-corrected chi connectivity index (χ0v) is 9.67. The average Bonchev–Trinajstić information content (AvgIpc) is 2.37. The van der Waals surface area contributed by atoms with Crippen molar-refractivity contribution in [3.63, 3.8) is 0 Å². The lowest BCUT2D eigenvalue weighted by molar-refractivity contribution is -0.137. The van der Waals surface area contributed by atoms with E-state index in [2.05, 4.69) is 5.32 Å². The van der Waals surface area contributed by atoms with E-state index in [0.717, 1.165) is 6.07 Å². The first-order chi connectivity index (χ1) is 8.57. The number of alkyl halides is 3. The van der Waals surface area contributed by atoms with Crippen LogP contribution in [0.3, 0.4) is 0 Å². The average molecular weight is 261 g/mol. The molecule has 0 radical (unpaired) electrons. The number of ether oxygens (including phenoxy) is 2. The highest BCUT2D eigenvalue weighted by molar-refractivity contribution is 5.52. The summed E-state index contributed by atoms with van der Waals surface area (Å²) < 4.78 is 48.4. The van der Waals surface area contributed by atoms with E-state index in [1.165, 1.54) is 12.1 Å². The van der Waals surface area contributed by atoms with Crippen molar-refractivity contribution in [2.45, 2.75) is 18.7 Å². The number of rotatable bonds is 3. The second-order valence-electron chi connectivity index (χ2n) is 4.03. The van der Waals surface area contributed by atoms with E-state index in [4.69, 9.17) is 9.47 Å². The summed E-state index contributed by atoms with van der Waals surface area (Å²) in [4.78, 5) is 0. The van der Waals surface area contributed by atoms with Gasteiger partial charge in [-0.1, -0.05) is 12.1 Å². The summed E-state index contributed by atoms with van der Waals surface area (Å²) in [7, 11) is 0. The van der Waals surface area contributed by atoms with Gasteiger partial charge < -0.3 is 14.8 Å². The first-order valence-corrected chi connectivity index (χ1v) is 5.67. The van der Waals surface area contributed by atoms with Crippen LogP contribution in [0.2, 0.25) is 0 Å². The maximum atomic E-state index is 12.7. The van der Waals surface area contributed by atoms with Gasteiger partial charge in [0.2, 0.25) is 0 Å². The van der Waals surface area contributed by atoms with Crippen LogP contribution in [0.25, 0.3) is 0 Å². The Balaban J connectivity index is 2.00. The first-order valence-electron chi connectivity index (χ1n) is 5.67. The molecule has 1 saturated heterocycles. The van der Waals surface area contributed by atoms with Crippen molar-refractivity contribution < 1.29 is 22.6 Å². The molecule has 6 heteroatoms. The van der Waals surface area contributed by atoms with Crippen LogP contribution in [0.15, 0.2) is 24.3 Å². The largest absolute Gasteiger partial charge is 0.418 e. The lowest BCUT2D eigenvalue weighted by atomic mass is 10.1. The van der Waals surface area contributed by atoms with E-state index in [0.29, 0.717) is 19.6 Å². The number of hydrogen-bond donors (Lipinski definition) is 1. The van der Waals surface area contributed by atoms with E-state index >= 15 is 0 Å². The van der Waals surface area contributed by atoms with Gasteiger partial charge in [0, 0.05) is 12.2 Å². The molecule has 18 heavy (non-hydrogen) atoms. The zero-order valence-electron chi connectivity index (χ0n) is 9.67. The minimum atomic E-state index is -4.35. The Kier molecular flexibility index (Phi) is 4.08. The Morgan fingerprint density at radius 3 is 2.72 bits per heavy atom. The molecule has 1 heterocycles. The van der Waals surface area contributed by atoms with Crippen molar-refractivity contribution in [1.29, 1.82) is 0 Å². The van der Waals surface area contributed by atoms with Crippen LogP contribution < -0.4 is 5.32 Å². The molecule has 100 valence electrons. The van der Waals surface area contributed by atoms with Crippen LogP contribution in [0.5, 0.6) is 0 Å². The van der Waals surface area contributed by atoms with Crippen molar-refractivity contribution in [3.05, 3.63) is 29.8 Å². The molecule has 1 aromatic carbocycles. The van der Waals surface area contributed by atoms with E-state index < -0.39 is 11.7 Å². The molecule has 0 aliphatic carbocycles. The molecule has 2 rings (SSSR count). The third kappa shape index (κ3) is 3.36. The molecule has 3 nitrogen and oxygen atoms in total. The van der Waals surface area contributed by atoms with Crippen molar-refractivity contribution in [2.75, 3.05) is 25.3 Å². The minimum absolute atomic E-state index is 0.0834. The lowest BCUT2D eigenvalue weighted by Gasteiger charge is -2.24. The normalized spacial score (nSPS) is 20.7. The molecule has 1 aliphatic rings. The monoisotopic (exact) mass is 261 g/mol. The van der Waals surface area contributed by atoms with Gasteiger partial charge in [-0.2, -0.15) is 13.2 Å². The van der Waals surface area contributed by atoms with E-state index in [1.54, 1.807) is 6.07 Å². The number of benzene rings is 1. The molecule has 0 amide bonds. The van der Waals surface area contributed by atoms with Gasteiger partial charge in [0.25, 0.3) is 0 Å². The molecule has 0 saturated carbocycles. The fraction of sp³-hybridized carbons (Fsp3) is 0.500. The molecule has 1 unspecified atom stereocenters. The fourth-order valence-corrected chi connectivity index (χ4v) is 1.77. The molecule has 1 atom stereocenters. The van der Waals surface area contributed by atoms with Crippen LogP contribution in [0.1, 0.15) is 12.0 Å². The maximum absolute atomic E-state index is 12.7. The number of halogens is 3. The topological polar surface area (TPSA) is 30.5 Å². The first kappa shape index (κ1) is 13.2. The zero-order chi connectivity index (χ0) is 13.0. The Hall–Kier alpha value is -1.27. The van der Waals surface area contributed by atoms with Gasteiger partial charge >= 0.3 is 6.18 Å². The second kappa shape index (κ2) is 5.58. The number of nitrogens with one attached hydrogen (secondary N) is 1. The molecule has 0 bridgehead atoms. The summed E-state index contributed by atoms with van der Waals surface area (Å²) in [5, 5.41) is 2.79. The highest BCUT2D eigenvalue weighted by atomic mass is 19.4. The van der Waals surface area contributed by atoms with Crippen molar-refractivity contribution in [3.8, 4) is 0 Å². The van der Waals surface area contributed by atoms with Gasteiger partial charge in [0.05, 0.1) is 18.3 Å². The number of hydrogen-bond acceptors (Lipinski definition) is 3. The third-order valence-corrected chi connectivity index (χ3v) is 2.72. The smallest absolute Gasteiger partial charge is 0.382 e. The Morgan fingerprint density at radius 2 is 2.06 bits per heavy atom. The van der Waals surface area contributed by atoms with Gasteiger partial charge in [-0.3, -0.25) is 0 Å². The van der Waals surface area contributed by atoms with Gasteiger partial charge in [0.1, 0.15) is 6.79 Å². The van der Waals surface area contributed by atoms with Gasteiger partial charge in [-0.05, 0) is 18.6 Å². The molecule has 1 fully saturated rings. The lowest BCUT2D eigenvalue weighted by Crippen LogP contribution is -2.30. The summed E-state index contributed by atoms with van der Waals surface area (Å²) in [6, 6.07) is 5.43. The molecule has 1 aliphatic heterocycles. The highest BCUT2D eigenvalue weighted by Crippen LogP contribution is 2.34. The van der Waals surface area contributed by atoms with E-state index in [9.17, 15) is 13.2 Å². The van der Waals surface area contributed by atoms with Crippen LogP contribution in [0.4, 0.5) is 18.9 Å². The molecule has 0 aromatic heterocycles. The summed E-state index contributed by atoms with van der Waals surface area (Å²) in [6.45, 7) is 1.12. The molecule has 1 aromatic rings. The second-order valence-corrected chi connectivity index (χ2v) is 4.03. The van der Waals surface area contributed by atoms with E-state index in [1.807, 2.05) is 0 Å². The Bertz CT molecular complexity index is 389. The summed E-state index contributed by atoms with van der Waals surface area (Å²) in [5.41, 5.74) is -0.572. The van der Waals surface area contributed by atoms with Crippen LogP contribution in [0, 0.1) is 0 Å². The summed E-state index contributed by atoms with van der Waals surface area (Å²) in [5.74, 6) is 0. The molecule has 0 spiro atoms. The number of anilines is 1. The minimum Gasteiger partial charge on any atom is -0.382 e. The SMILES string of the molecule is FC(F)(F)c1ccccc1NCC1CCOCO1. The third-order valence-electron chi connectivity index (χ3n) is 2.72. The van der Waals surface area contributed by atoms with E-state index in [-0.39, 0.29) is 18.6 Å². The van der Waals surface area contributed by atoms with Crippen molar-refractivity contribution in [1.82, 2.24) is 0 Å². The van der Waals surface area contributed by atoms with Crippen molar-refractivity contribution >= 4 is 5.69 Å². The standard InChI is InChI=1S/C12H14F3NO2/c13-12(14,15)10-3-1-2-4-11(10)16-7-9-5-6-17-8-18-9/h1-4,9,16H,5-8H2. The fourth-order valence-electron chi connectivity index (χ4n) is 1.77. The quantitative estimate of drug-likeness (QED) is 0.907. The van der Waals surface area contributed by atoms with Crippen LogP contribution >= 0.6 is 0 Å². The van der Waals surface area contributed by atoms with Crippen LogP contribution in [-0.2, 0) is 15.7 Å². The summed E-state index contributed by atoms with van der Waals surface area (Å²) >= 11 is 0. The Morgan fingerprint density at radius 1 is 1.28 bits per heavy atom. The van der Waals surface area contributed by atoms with Gasteiger partial charge in [-0.15, -0.1) is 0 Å². The summed E-state index contributed by atoms with van der Waals surface area (Å²) in [6.07, 6.45) is -3.78. The van der Waals surface area contributed by atoms with Gasteiger partial charge in [-0.25, -0.2) is 0 Å². The van der Waals surface area contributed by atoms with Crippen LogP contribution in [-0.4, -0.2) is 26.0 Å².